The lowest BCUT2D eigenvalue weighted by molar-refractivity contribution is -0.141. The third-order valence-electron chi connectivity index (χ3n) is 5.02. The molecule has 26 heavy (non-hydrogen) atoms. The van der Waals surface area contributed by atoms with E-state index in [1.165, 1.54) is 46.9 Å². The highest BCUT2D eigenvalue weighted by Crippen LogP contribution is 2.39. The first-order valence-electron chi connectivity index (χ1n) is 8.91. The molecule has 3 aromatic heterocycles. The first-order valence-corrected chi connectivity index (χ1v) is 9.73. The third kappa shape index (κ3) is 2.61. The summed E-state index contributed by atoms with van der Waals surface area (Å²) in [4.78, 5) is 34.7. The quantitative estimate of drug-likeness (QED) is 0.661. The van der Waals surface area contributed by atoms with Gasteiger partial charge >= 0.3 is 5.97 Å². The summed E-state index contributed by atoms with van der Waals surface area (Å²) in [5.41, 5.74) is 4.32. The number of pyridine rings is 1. The Labute approximate surface area is 154 Å². The first-order chi connectivity index (χ1) is 12.5. The van der Waals surface area contributed by atoms with E-state index in [0.717, 1.165) is 40.7 Å². The molecule has 0 spiro atoms. The summed E-state index contributed by atoms with van der Waals surface area (Å²) in [6, 6.07) is 0. The van der Waals surface area contributed by atoms with Gasteiger partial charge in [-0.05, 0) is 42.7 Å². The lowest BCUT2D eigenvalue weighted by Crippen LogP contribution is -2.24. The number of nitrogens with zero attached hydrogens (tertiary/aromatic N) is 3. The molecule has 0 bridgehead atoms. The van der Waals surface area contributed by atoms with E-state index in [0.29, 0.717) is 10.6 Å². The molecule has 1 aliphatic carbocycles. The van der Waals surface area contributed by atoms with E-state index < -0.39 is 5.97 Å². The molecule has 0 fully saturated rings. The summed E-state index contributed by atoms with van der Waals surface area (Å²) >= 11 is 1.38. The fourth-order valence-corrected chi connectivity index (χ4v) is 4.89. The Hall–Kier alpha value is -2.28. The van der Waals surface area contributed by atoms with Crippen LogP contribution in [0.3, 0.4) is 0 Å². The van der Waals surface area contributed by atoms with Crippen LogP contribution in [0.2, 0.25) is 0 Å². The number of hydrogen-bond acceptors (Lipinski definition) is 6. The molecule has 1 aliphatic rings. The van der Waals surface area contributed by atoms with Gasteiger partial charge < -0.3 is 4.74 Å². The van der Waals surface area contributed by atoms with Crippen molar-refractivity contribution in [1.82, 2.24) is 14.5 Å². The average molecular weight is 371 g/mol. The lowest BCUT2D eigenvalue weighted by atomic mass is 9.86. The minimum absolute atomic E-state index is 0.130. The Morgan fingerprint density at radius 3 is 2.73 bits per heavy atom. The van der Waals surface area contributed by atoms with Crippen LogP contribution in [0.25, 0.3) is 20.4 Å². The van der Waals surface area contributed by atoms with Gasteiger partial charge in [-0.15, -0.1) is 11.3 Å². The second-order valence-electron chi connectivity index (χ2n) is 7.03. The van der Waals surface area contributed by atoms with Crippen molar-refractivity contribution in [2.45, 2.75) is 52.0 Å². The highest BCUT2D eigenvalue weighted by atomic mass is 32.1. The second-order valence-corrected chi connectivity index (χ2v) is 8.03. The van der Waals surface area contributed by atoms with Crippen molar-refractivity contribution in [1.29, 1.82) is 0 Å². The van der Waals surface area contributed by atoms with Gasteiger partial charge in [0.1, 0.15) is 16.1 Å². The van der Waals surface area contributed by atoms with Gasteiger partial charge in [-0.2, -0.15) is 0 Å². The average Bonchev–Trinajstić information content (AvgIpc) is 3.02. The van der Waals surface area contributed by atoms with Crippen LogP contribution in [-0.2, 0) is 28.9 Å². The fourth-order valence-electron chi connectivity index (χ4n) is 3.77. The highest BCUT2D eigenvalue weighted by molar-refractivity contribution is 7.25. The van der Waals surface area contributed by atoms with Crippen molar-refractivity contribution < 1.29 is 9.53 Å². The molecule has 3 aromatic rings. The minimum atomic E-state index is -0.466. The highest BCUT2D eigenvalue weighted by Gasteiger charge is 2.24. The van der Waals surface area contributed by atoms with Gasteiger partial charge in [-0.3, -0.25) is 14.2 Å². The molecule has 4 rings (SSSR count). The Morgan fingerprint density at radius 2 is 2.04 bits per heavy atom. The molecular weight excluding hydrogens is 350 g/mol. The summed E-state index contributed by atoms with van der Waals surface area (Å²) in [5, 5.41) is 1.03. The number of ether oxygens (including phenoxy) is 1. The van der Waals surface area contributed by atoms with Crippen molar-refractivity contribution in [3.63, 3.8) is 0 Å². The molecule has 0 N–H and O–H groups in total. The summed E-state index contributed by atoms with van der Waals surface area (Å²) in [6.07, 6.45) is 5.83. The van der Waals surface area contributed by atoms with Crippen LogP contribution in [0, 0.1) is 0 Å². The van der Waals surface area contributed by atoms with E-state index >= 15 is 0 Å². The molecule has 0 aromatic carbocycles. The van der Waals surface area contributed by atoms with Gasteiger partial charge in [0, 0.05) is 11.1 Å². The topological polar surface area (TPSA) is 74.1 Å². The Kier molecular flexibility index (Phi) is 4.26. The van der Waals surface area contributed by atoms with Crippen LogP contribution in [0.4, 0.5) is 0 Å². The van der Waals surface area contributed by atoms with Gasteiger partial charge in [0.15, 0.2) is 0 Å². The first kappa shape index (κ1) is 17.1. The smallest absolute Gasteiger partial charge is 0.325 e. The van der Waals surface area contributed by atoms with Crippen LogP contribution in [0.1, 0.15) is 49.4 Å². The molecule has 6 nitrogen and oxygen atoms in total. The Balaban J connectivity index is 2.01. The number of aromatic nitrogens is 3. The van der Waals surface area contributed by atoms with Crippen LogP contribution in [0.5, 0.6) is 0 Å². The van der Waals surface area contributed by atoms with E-state index in [1.54, 1.807) is 0 Å². The fraction of sp³-hybridized carbons (Fsp3) is 0.474. The number of methoxy groups -OCH3 is 1. The molecule has 0 saturated heterocycles. The van der Waals surface area contributed by atoms with Crippen molar-refractivity contribution in [3.05, 3.63) is 33.5 Å². The van der Waals surface area contributed by atoms with Crippen LogP contribution in [0.15, 0.2) is 11.1 Å². The molecule has 0 saturated carbocycles. The zero-order valence-corrected chi connectivity index (χ0v) is 16.0. The van der Waals surface area contributed by atoms with E-state index in [1.807, 2.05) is 0 Å². The maximum absolute atomic E-state index is 12.8. The number of fused-ring (bicyclic) bond motifs is 5. The summed E-state index contributed by atoms with van der Waals surface area (Å²) < 4.78 is 6.53. The predicted molar refractivity (Wildman–Crippen MR) is 102 cm³/mol. The Morgan fingerprint density at radius 1 is 1.31 bits per heavy atom. The summed E-state index contributed by atoms with van der Waals surface area (Å²) in [7, 11) is 1.31. The molecular formula is C19H21N3O3S. The number of thiophene rings is 1. The molecule has 7 heteroatoms. The minimum Gasteiger partial charge on any atom is -0.468 e. The SMILES string of the molecule is COC(=O)Cn1cnc2c(sc3nc(C(C)C)c4c(c32)CCCC4)c1=O. The third-order valence-corrected chi connectivity index (χ3v) is 6.08. The maximum Gasteiger partial charge on any atom is 0.325 e. The number of hydrogen-bond donors (Lipinski definition) is 0. The Bertz CT molecular complexity index is 1080. The molecule has 0 aliphatic heterocycles. The molecule has 0 amide bonds. The maximum atomic E-state index is 12.8. The van der Waals surface area contributed by atoms with Crippen LogP contribution >= 0.6 is 11.3 Å². The standard InChI is InChI=1S/C19H21N3O3S/c1-10(2)15-12-7-5-4-6-11(12)14-16-17(26-18(14)21-15)19(24)22(9-20-16)8-13(23)25-3/h9-10H,4-8H2,1-3H3. The monoisotopic (exact) mass is 371 g/mol. The number of esters is 1. The van der Waals surface area contributed by atoms with E-state index in [4.69, 9.17) is 4.98 Å². The van der Waals surface area contributed by atoms with Crippen molar-refractivity contribution in [2.24, 2.45) is 0 Å². The van der Waals surface area contributed by atoms with Crippen molar-refractivity contribution >= 4 is 37.7 Å². The molecule has 136 valence electrons. The number of carbonyl (C=O) groups is 1. The number of aryl methyl sites for hydroxylation is 1. The normalized spacial score (nSPS) is 14.2. The lowest BCUT2D eigenvalue weighted by Gasteiger charge is -2.21. The predicted octanol–water partition coefficient (Wildman–Crippen LogP) is 3.18. The van der Waals surface area contributed by atoms with Gasteiger partial charge in [-0.25, -0.2) is 9.97 Å². The van der Waals surface area contributed by atoms with Crippen LogP contribution < -0.4 is 5.56 Å². The van der Waals surface area contributed by atoms with Gasteiger partial charge in [0.05, 0.1) is 19.0 Å². The second kappa shape index (κ2) is 6.46. The summed E-state index contributed by atoms with van der Waals surface area (Å²) in [5.74, 6) is -0.118. The molecule has 0 unspecified atom stereocenters. The van der Waals surface area contributed by atoms with E-state index in [9.17, 15) is 9.59 Å². The van der Waals surface area contributed by atoms with E-state index in [-0.39, 0.29) is 12.1 Å². The van der Waals surface area contributed by atoms with Gasteiger partial charge in [0.2, 0.25) is 0 Å². The zero-order chi connectivity index (χ0) is 18.4. The zero-order valence-electron chi connectivity index (χ0n) is 15.2. The number of rotatable bonds is 3. The molecule has 3 heterocycles. The van der Waals surface area contributed by atoms with Crippen LogP contribution in [-0.4, -0.2) is 27.6 Å². The van der Waals surface area contributed by atoms with Gasteiger partial charge in [-0.1, -0.05) is 13.8 Å². The van der Waals surface area contributed by atoms with Gasteiger partial charge in [0.25, 0.3) is 5.56 Å². The van der Waals surface area contributed by atoms with Crippen molar-refractivity contribution in [2.75, 3.05) is 7.11 Å². The van der Waals surface area contributed by atoms with E-state index in [2.05, 4.69) is 23.6 Å². The molecule has 0 atom stereocenters. The molecule has 0 radical (unpaired) electrons. The number of carbonyl (C=O) groups excluding carboxylic acids is 1. The van der Waals surface area contributed by atoms with Crippen molar-refractivity contribution in [3.8, 4) is 0 Å². The largest absolute Gasteiger partial charge is 0.468 e. The summed E-state index contributed by atoms with van der Waals surface area (Å²) in [6.45, 7) is 4.20.